The van der Waals surface area contributed by atoms with Crippen molar-refractivity contribution in [3.05, 3.63) is 11.8 Å². The maximum absolute atomic E-state index is 11.4. The van der Waals surface area contributed by atoms with Crippen LogP contribution in [0.4, 0.5) is 5.82 Å². The first-order valence-corrected chi connectivity index (χ1v) is 5.56. The lowest BCUT2D eigenvalue weighted by Crippen LogP contribution is -2.16. The molecule has 0 aliphatic carbocycles. The van der Waals surface area contributed by atoms with Gasteiger partial charge in [0, 0.05) is 5.56 Å². The van der Waals surface area contributed by atoms with Gasteiger partial charge in [-0.25, -0.2) is 0 Å². The van der Waals surface area contributed by atoms with Gasteiger partial charge in [0.05, 0.1) is 11.9 Å². The number of rotatable bonds is 4. The Hall–Kier alpha value is -0.970. The second kappa shape index (κ2) is 5.05. The molecule has 0 fully saturated rings. The van der Waals surface area contributed by atoms with E-state index in [9.17, 15) is 4.79 Å². The summed E-state index contributed by atoms with van der Waals surface area (Å²) in [6.07, 6.45) is 1.69. The summed E-state index contributed by atoms with van der Waals surface area (Å²) in [4.78, 5) is 11.4. The smallest absolute Gasteiger partial charge is 0.235 e. The molecular formula is C9H15N3OS. The number of carbonyl (C=O) groups excluding carboxylic acids is 1. The summed E-state index contributed by atoms with van der Waals surface area (Å²) in [5.41, 5.74) is 0.952. The largest absolute Gasteiger partial charge is 0.310 e. The minimum absolute atomic E-state index is 0.0102. The monoisotopic (exact) mass is 213 g/mol. The van der Waals surface area contributed by atoms with Gasteiger partial charge in [0.25, 0.3) is 0 Å². The summed E-state index contributed by atoms with van der Waals surface area (Å²) < 4.78 is 0. The highest BCUT2D eigenvalue weighted by Crippen LogP contribution is 2.11. The summed E-state index contributed by atoms with van der Waals surface area (Å²) in [7, 11) is 0. The standard InChI is InChI=1S/C9H15N3OS/c1-6(2)14-5-8(13)11-9-7(3)4-10-12-9/h4,6H,5H2,1-3H3,(H2,10,11,12,13). The molecule has 0 saturated heterocycles. The van der Waals surface area contributed by atoms with Gasteiger partial charge in [0.2, 0.25) is 5.91 Å². The number of thioether (sulfide) groups is 1. The molecule has 1 rings (SSSR count). The number of amides is 1. The lowest BCUT2D eigenvalue weighted by atomic mass is 10.4. The van der Waals surface area contributed by atoms with Gasteiger partial charge in [-0.1, -0.05) is 13.8 Å². The Bertz CT molecular complexity index is 309. The molecule has 1 aromatic heterocycles. The maximum Gasteiger partial charge on any atom is 0.235 e. The first kappa shape index (κ1) is 11.1. The van der Waals surface area contributed by atoms with Crippen molar-refractivity contribution in [2.24, 2.45) is 0 Å². The van der Waals surface area contributed by atoms with Gasteiger partial charge >= 0.3 is 0 Å². The molecule has 1 heterocycles. The number of carbonyl (C=O) groups is 1. The van der Waals surface area contributed by atoms with Crippen molar-refractivity contribution in [1.29, 1.82) is 0 Å². The number of nitrogens with zero attached hydrogens (tertiary/aromatic N) is 1. The zero-order valence-electron chi connectivity index (χ0n) is 8.63. The van der Waals surface area contributed by atoms with E-state index in [4.69, 9.17) is 0 Å². The molecule has 78 valence electrons. The highest BCUT2D eigenvalue weighted by molar-refractivity contribution is 8.00. The van der Waals surface area contributed by atoms with Crippen LogP contribution < -0.4 is 5.32 Å². The van der Waals surface area contributed by atoms with Crippen molar-refractivity contribution >= 4 is 23.5 Å². The van der Waals surface area contributed by atoms with Crippen LogP contribution in [0, 0.1) is 6.92 Å². The average Bonchev–Trinajstić information content (AvgIpc) is 2.49. The number of hydrogen-bond donors (Lipinski definition) is 2. The van der Waals surface area contributed by atoms with Crippen molar-refractivity contribution in [3.8, 4) is 0 Å². The number of hydrogen-bond acceptors (Lipinski definition) is 3. The molecule has 0 radical (unpaired) electrons. The van der Waals surface area contributed by atoms with E-state index in [-0.39, 0.29) is 5.91 Å². The molecular weight excluding hydrogens is 198 g/mol. The molecule has 0 bridgehead atoms. The number of aromatic amines is 1. The molecule has 0 saturated carbocycles. The molecule has 5 heteroatoms. The lowest BCUT2D eigenvalue weighted by Gasteiger charge is -2.05. The number of nitrogens with one attached hydrogen (secondary N) is 2. The van der Waals surface area contributed by atoms with Crippen LogP contribution in [0.3, 0.4) is 0 Å². The lowest BCUT2D eigenvalue weighted by molar-refractivity contribution is -0.113. The number of anilines is 1. The van der Waals surface area contributed by atoms with E-state index < -0.39 is 0 Å². The minimum atomic E-state index is 0.0102. The third-order valence-corrected chi connectivity index (χ3v) is 2.74. The van der Waals surface area contributed by atoms with Crippen LogP contribution in [0.25, 0.3) is 0 Å². The molecule has 1 aromatic rings. The van der Waals surface area contributed by atoms with Gasteiger partial charge in [-0.3, -0.25) is 9.89 Å². The fraction of sp³-hybridized carbons (Fsp3) is 0.556. The van der Waals surface area contributed by atoms with E-state index >= 15 is 0 Å². The Kier molecular flexibility index (Phi) is 4.00. The Morgan fingerprint density at radius 3 is 2.93 bits per heavy atom. The molecule has 0 aromatic carbocycles. The first-order chi connectivity index (χ1) is 6.59. The predicted octanol–water partition coefficient (Wildman–Crippen LogP) is 1.80. The molecule has 0 atom stereocenters. The van der Waals surface area contributed by atoms with Crippen molar-refractivity contribution in [1.82, 2.24) is 10.2 Å². The summed E-state index contributed by atoms with van der Waals surface area (Å²) in [6, 6.07) is 0. The number of H-pyrrole nitrogens is 1. The van der Waals surface area contributed by atoms with Crippen LogP contribution in [-0.2, 0) is 4.79 Å². The maximum atomic E-state index is 11.4. The zero-order valence-corrected chi connectivity index (χ0v) is 9.44. The van der Waals surface area contributed by atoms with E-state index in [0.29, 0.717) is 16.8 Å². The van der Waals surface area contributed by atoms with Crippen LogP contribution in [-0.4, -0.2) is 27.1 Å². The van der Waals surface area contributed by atoms with Gasteiger partial charge in [-0.2, -0.15) is 5.10 Å². The van der Waals surface area contributed by atoms with Crippen LogP contribution in [0.5, 0.6) is 0 Å². The van der Waals surface area contributed by atoms with Crippen LogP contribution in [0.1, 0.15) is 19.4 Å². The van der Waals surface area contributed by atoms with Gasteiger partial charge in [-0.15, -0.1) is 11.8 Å². The van der Waals surface area contributed by atoms with E-state index in [0.717, 1.165) is 5.56 Å². The zero-order chi connectivity index (χ0) is 10.6. The van der Waals surface area contributed by atoms with E-state index in [1.165, 1.54) is 0 Å². The Labute approximate surface area is 87.9 Å². The molecule has 0 aliphatic heterocycles. The summed E-state index contributed by atoms with van der Waals surface area (Å²) in [5, 5.41) is 9.80. The van der Waals surface area contributed by atoms with Crippen molar-refractivity contribution in [3.63, 3.8) is 0 Å². The molecule has 14 heavy (non-hydrogen) atoms. The van der Waals surface area contributed by atoms with Crippen LogP contribution in [0.2, 0.25) is 0 Å². The predicted molar refractivity (Wildman–Crippen MR) is 59.5 cm³/mol. The SMILES string of the molecule is Cc1cn[nH]c1NC(=O)CSC(C)C. The minimum Gasteiger partial charge on any atom is -0.310 e. The van der Waals surface area contributed by atoms with Crippen molar-refractivity contribution < 1.29 is 4.79 Å². The Morgan fingerprint density at radius 2 is 2.43 bits per heavy atom. The molecule has 2 N–H and O–H groups in total. The molecule has 0 spiro atoms. The van der Waals surface area contributed by atoms with Crippen LogP contribution >= 0.6 is 11.8 Å². The van der Waals surface area contributed by atoms with E-state index in [1.807, 2.05) is 6.92 Å². The molecule has 0 aliphatic rings. The molecule has 0 unspecified atom stereocenters. The second-order valence-corrected chi connectivity index (χ2v) is 4.90. The topological polar surface area (TPSA) is 57.8 Å². The summed E-state index contributed by atoms with van der Waals surface area (Å²) >= 11 is 1.62. The molecule has 1 amide bonds. The summed E-state index contributed by atoms with van der Waals surface area (Å²) in [5.74, 6) is 1.19. The van der Waals surface area contributed by atoms with Gasteiger partial charge in [0.15, 0.2) is 0 Å². The van der Waals surface area contributed by atoms with Crippen molar-refractivity contribution in [2.75, 3.05) is 11.1 Å². The highest BCUT2D eigenvalue weighted by atomic mass is 32.2. The van der Waals surface area contributed by atoms with Gasteiger partial charge in [-0.05, 0) is 12.2 Å². The quantitative estimate of drug-likeness (QED) is 0.801. The fourth-order valence-electron chi connectivity index (χ4n) is 0.891. The Morgan fingerprint density at radius 1 is 1.71 bits per heavy atom. The number of aryl methyl sites for hydroxylation is 1. The fourth-order valence-corrected chi connectivity index (χ4v) is 1.45. The first-order valence-electron chi connectivity index (χ1n) is 4.51. The highest BCUT2D eigenvalue weighted by Gasteiger charge is 2.06. The van der Waals surface area contributed by atoms with Gasteiger partial charge in [0.1, 0.15) is 5.82 Å². The Balaban J connectivity index is 2.38. The van der Waals surface area contributed by atoms with E-state index in [2.05, 4.69) is 29.4 Å². The van der Waals surface area contributed by atoms with Crippen LogP contribution in [0.15, 0.2) is 6.20 Å². The number of aromatic nitrogens is 2. The van der Waals surface area contributed by atoms with Crippen molar-refractivity contribution in [2.45, 2.75) is 26.0 Å². The normalized spacial score (nSPS) is 10.6. The van der Waals surface area contributed by atoms with Gasteiger partial charge < -0.3 is 5.32 Å². The second-order valence-electron chi connectivity index (χ2n) is 3.34. The third kappa shape index (κ3) is 3.41. The molecule has 4 nitrogen and oxygen atoms in total. The third-order valence-electron chi connectivity index (χ3n) is 1.64. The summed E-state index contributed by atoms with van der Waals surface area (Å²) in [6.45, 7) is 6.04. The average molecular weight is 213 g/mol. The van der Waals surface area contributed by atoms with E-state index in [1.54, 1.807) is 18.0 Å².